The zero-order valence-corrected chi connectivity index (χ0v) is 12.1. The number of nitrogens with two attached hydrogens (primary N) is 1. The number of anilines is 1. The molecule has 2 rings (SSSR count). The zero-order chi connectivity index (χ0) is 14.0. The zero-order valence-electron chi connectivity index (χ0n) is 11.3. The summed E-state index contributed by atoms with van der Waals surface area (Å²) in [7, 11) is 0. The van der Waals surface area contributed by atoms with E-state index >= 15 is 0 Å². The Balaban J connectivity index is 2.37. The van der Waals surface area contributed by atoms with E-state index < -0.39 is 0 Å². The molecule has 4 nitrogen and oxygen atoms in total. The van der Waals surface area contributed by atoms with Crippen LogP contribution in [0.3, 0.4) is 0 Å². The smallest absolute Gasteiger partial charge is 0.239 e. The first-order chi connectivity index (χ1) is 9.01. The number of thiazole rings is 1. The standard InChI is InChI=1S/C14H17N3OS/c1-8-4-5-11(9(2)6-8)13-10(3)19-14(17-13)16-12(18)7-15/h4-6H,7,15H2,1-3H3,(H,16,17,18). The highest BCUT2D eigenvalue weighted by atomic mass is 32.1. The molecular weight excluding hydrogens is 258 g/mol. The largest absolute Gasteiger partial charge is 0.322 e. The van der Waals surface area contributed by atoms with Gasteiger partial charge in [0.2, 0.25) is 5.91 Å². The summed E-state index contributed by atoms with van der Waals surface area (Å²) >= 11 is 1.47. The van der Waals surface area contributed by atoms with Crippen LogP contribution in [0.5, 0.6) is 0 Å². The highest BCUT2D eigenvalue weighted by Crippen LogP contribution is 2.32. The van der Waals surface area contributed by atoms with Crippen LogP contribution in [0.15, 0.2) is 18.2 Å². The van der Waals surface area contributed by atoms with Crippen molar-refractivity contribution in [1.82, 2.24) is 4.98 Å². The highest BCUT2D eigenvalue weighted by Gasteiger charge is 2.13. The van der Waals surface area contributed by atoms with Crippen molar-refractivity contribution >= 4 is 22.4 Å². The van der Waals surface area contributed by atoms with E-state index in [-0.39, 0.29) is 12.5 Å². The summed E-state index contributed by atoms with van der Waals surface area (Å²) in [5.41, 5.74) is 9.72. The molecule has 0 saturated carbocycles. The molecule has 0 fully saturated rings. The Morgan fingerprint density at radius 2 is 2.11 bits per heavy atom. The number of benzene rings is 1. The molecule has 2 aromatic rings. The first-order valence-electron chi connectivity index (χ1n) is 6.06. The van der Waals surface area contributed by atoms with E-state index in [9.17, 15) is 4.79 Å². The molecule has 100 valence electrons. The maximum Gasteiger partial charge on any atom is 0.239 e. The molecule has 0 aliphatic rings. The Bertz CT molecular complexity index is 619. The van der Waals surface area contributed by atoms with Crippen LogP contribution < -0.4 is 11.1 Å². The lowest BCUT2D eigenvalue weighted by Gasteiger charge is -2.05. The normalized spacial score (nSPS) is 10.5. The number of amides is 1. The first-order valence-corrected chi connectivity index (χ1v) is 6.88. The van der Waals surface area contributed by atoms with Crippen LogP contribution in [0, 0.1) is 20.8 Å². The molecule has 0 unspecified atom stereocenters. The minimum Gasteiger partial charge on any atom is -0.322 e. The van der Waals surface area contributed by atoms with E-state index in [1.54, 1.807) is 0 Å². The van der Waals surface area contributed by atoms with Crippen LogP contribution in [0.4, 0.5) is 5.13 Å². The van der Waals surface area contributed by atoms with Gasteiger partial charge in [-0.1, -0.05) is 23.8 Å². The van der Waals surface area contributed by atoms with E-state index in [1.807, 2.05) is 6.92 Å². The predicted molar refractivity (Wildman–Crippen MR) is 79.4 cm³/mol. The van der Waals surface area contributed by atoms with E-state index in [1.165, 1.54) is 22.5 Å². The van der Waals surface area contributed by atoms with Gasteiger partial charge in [-0.15, -0.1) is 11.3 Å². The summed E-state index contributed by atoms with van der Waals surface area (Å²) in [6.07, 6.45) is 0. The molecule has 0 aliphatic heterocycles. The molecule has 0 atom stereocenters. The van der Waals surface area contributed by atoms with Gasteiger partial charge in [-0.25, -0.2) is 4.98 Å². The maximum absolute atomic E-state index is 11.3. The van der Waals surface area contributed by atoms with E-state index in [0.29, 0.717) is 5.13 Å². The minimum absolute atomic E-state index is 0.0302. The Labute approximate surface area is 116 Å². The number of rotatable bonds is 3. The molecule has 3 N–H and O–H groups in total. The van der Waals surface area contributed by atoms with Gasteiger partial charge in [0.1, 0.15) is 0 Å². The van der Waals surface area contributed by atoms with Crippen LogP contribution in [-0.2, 0) is 4.79 Å². The number of hydrogen-bond acceptors (Lipinski definition) is 4. The third kappa shape index (κ3) is 3.00. The second-order valence-corrected chi connectivity index (χ2v) is 5.70. The summed E-state index contributed by atoms with van der Waals surface area (Å²) in [5.74, 6) is -0.221. The van der Waals surface area contributed by atoms with Crippen molar-refractivity contribution < 1.29 is 4.79 Å². The molecule has 5 heteroatoms. The molecule has 0 spiro atoms. The topological polar surface area (TPSA) is 68.0 Å². The third-order valence-corrected chi connectivity index (χ3v) is 3.75. The number of carbonyl (C=O) groups is 1. The number of nitrogens with zero attached hydrogens (tertiary/aromatic N) is 1. The molecule has 19 heavy (non-hydrogen) atoms. The van der Waals surface area contributed by atoms with Crippen LogP contribution in [0.2, 0.25) is 0 Å². The first kappa shape index (κ1) is 13.7. The second kappa shape index (κ2) is 5.50. The van der Waals surface area contributed by atoms with Crippen molar-refractivity contribution in [3.63, 3.8) is 0 Å². The number of nitrogens with one attached hydrogen (secondary N) is 1. The van der Waals surface area contributed by atoms with Gasteiger partial charge in [0, 0.05) is 10.4 Å². The Morgan fingerprint density at radius 1 is 1.37 bits per heavy atom. The number of aromatic nitrogens is 1. The average molecular weight is 275 g/mol. The summed E-state index contributed by atoms with van der Waals surface area (Å²) < 4.78 is 0. The Kier molecular flexibility index (Phi) is 3.97. The van der Waals surface area contributed by atoms with Crippen LogP contribution >= 0.6 is 11.3 Å². The van der Waals surface area contributed by atoms with Crippen molar-refractivity contribution in [1.29, 1.82) is 0 Å². The lowest BCUT2D eigenvalue weighted by molar-refractivity contribution is -0.114. The summed E-state index contributed by atoms with van der Waals surface area (Å²) in [6.45, 7) is 6.11. The SMILES string of the molecule is Cc1ccc(-c2nc(NC(=O)CN)sc2C)c(C)c1. The van der Waals surface area contributed by atoms with Gasteiger partial charge in [0.25, 0.3) is 0 Å². The fourth-order valence-corrected chi connectivity index (χ4v) is 2.79. The highest BCUT2D eigenvalue weighted by molar-refractivity contribution is 7.16. The van der Waals surface area contributed by atoms with Gasteiger partial charge < -0.3 is 11.1 Å². The quantitative estimate of drug-likeness (QED) is 0.904. The second-order valence-electron chi connectivity index (χ2n) is 4.49. The minimum atomic E-state index is -0.221. The van der Waals surface area contributed by atoms with Gasteiger partial charge in [-0.05, 0) is 26.3 Å². The van der Waals surface area contributed by atoms with Gasteiger partial charge in [0.05, 0.1) is 12.2 Å². The van der Waals surface area contributed by atoms with Crippen LogP contribution in [0.1, 0.15) is 16.0 Å². The number of hydrogen-bond donors (Lipinski definition) is 2. The number of carbonyl (C=O) groups excluding carboxylic acids is 1. The lowest BCUT2D eigenvalue weighted by Crippen LogP contribution is -2.21. The Morgan fingerprint density at radius 3 is 2.74 bits per heavy atom. The summed E-state index contributed by atoms with van der Waals surface area (Å²) in [6, 6.07) is 6.27. The van der Waals surface area contributed by atoms with E-state index in [0.717, 1.165) is 16.1 Å². The molecule has 0 radical (unpaired) electrons. The van der Waals surface area contributed by atoms with Crippen molar-refractivity contribution in [3.05, 3.63) is 34.2 Å². The maximum atomic E-state index is 11.3. The van der Waals surface area contributed by atoms with Gasteiger partial charge in [-0.2, -0.15) is 0 Å². The van der Waals surface area contributed by atoms with Gasteiger partial charge >= 0.3 is 0 Å². The molecule has 1 aromatic carbocycles. The van der Waals surface area contributed by atoms with Crippen LogP contribution in [0.25, 0.3) is 11.3 Å². The van der Waals surface area contributed by atoms with Crippen molar-refractivity contribution in [2.75, 3.05) is 11.9 Å². The van der Waals surface area contributed by atoms with E-state index in [2.05, 4.69) is 42.3 Å². The fourth-order valence-electron chi connectivity index (χ4n) is 1.95. The molecule has 0 aliphatic carbocycles. The van der Waals surface area contributed by atoms with Crippen molar-refractivity contribution in [3.8, 4) is 11.3 Å². The summed E-state index contributed by atoms with van der Waals surface area (Å²) in [4.78, 5) is 16.9. The van der Waals surface area contributed by atoms with E-state index in [4.69, 9.17) is 5.73 Å². The lowest BCUT2D eigenvalue weighted by atomic mass is 10.0. The van der Waals surface area contributed by atoms with Gasteiger partial charge in [0.15, 0.2) is 5.13 Å². The van der Waals surface area contributed by atoms with Crippen molar-refractivity contribution in [2.24, 2.45) is 5.73 Å². The molecule has 1 amide bonds. The van der Waals surface area contributed by atoms with Gasteiger partial charge in [-0.3, -0.25) is 4.79 Å². The molecule has 1 heterocycles. The molecular formula is C14H17N3OS. The predicted octanol–water partition coefficient (Wildman–Crippen LogP) is 2.63. The summed E-state index contributed by atoms with van der Waals surface area (Å²) in [5, 5.41) is 3.30. The fraction of sp³-hybridized carbons (Fsp3) is 0.286. The van der Waals surface area contributed by atoms with Crippen molar-refractivity contribution in [2.45, 2.75) is 20.8 Å². The average Bonchev–Trinajstić information content (AvgIpc) is 2.70. The molecule has 1 aromatic heterocycles. The molecule has 0 bridgehead atoms. The third-order valence-electron chi connectivity index (χ3n) is 2.87. The Hall–Kier alpha value is -1.72. The van der Waals surface area contributed by atoms with Crippen LogP contribution in [-0.4, -0.2) is 17.4 Å². The molecule has 0 saturated heterocycles. The number of aryl methyl sites for hydroxylation is 3. The monoisotopic (exact) mass is 275 g/mol.